The first-order valence-corrected chi connectivity index (χ1v) is 15.2. The van der Waals surface area contributed by atoms with Crippen molar-refractivity contribution in [3.63, 3.8) is 0 Å². The molecule has 9 nitrogen and oxygen atoms in total. The number of carbonyl (C=O) groups is 3. The number of alkyl halides is 1. The summed E-state index contributed by atoms with van der Waals surface area (Å²) < 4.78 is 37.6. The summed E-state index contributed by atoms with van der Waals surface area (Å²) in [4.78, 5) is 49.5. The number of Topliss-reactive ketones (excluding diaryl/α,β-unsaturated/α-hetero) is 1. The fourth-order valence-corrected chi connectivity index (χ4v) is 6.17. The number of likely N-dealkylation sites (tertiary alicyclic amines) is 1. The van der Waals surface area contributed by atoms with Gasteiger partial charge >= 0.3 is 0 Å². The fraction of sp³-hybridized carbons (Fsp3) is 0.229. The third-order valence-corrected chi connectivity index (χ3v) is 8.60. The fourth-order valence-electron chi connectivity index (χ4n) is 5.93. The molecule has 1 N–H and O–H groups in total. The van der Waals surface area contributed by atoms with Gasteiger partial charge in [-0.25, -0.2) is 18.7 Å². The summed E-state index contributed by atoms with van der Waals surface area (Å²) in [7, 11) is 1.51. The van der Waals surface area contributed by atoms with Crippen LogP contribution in [0.5, 0.6) is 5.75 Å². The van der Waals surface area contributed by atoms with E-state index in [1.807, 2.05) is 0 Å². The van der Waals surface area contributed by atoms with Gasteiger partial charge in [-0.1, -0.05) is 41.9 Å². The van der Waals surface area contributed by atoms with Gasteiger partial charge in [0.1, 0.15) is 30.3 Å². The molecule has 2 atom stereocenters. The van der Waals surface area contributed by atoms with Gasteiger partial charge < -0.3 is 19.5 Å². The summed E-state index contributed by atoms with van der Waals surface area (Å²) >= 11 is 6.27. The highest BCUT2D eigenvalue weighted by atomic mass is 35.5. The van der Waals surface area contributed by atoms with E-state index in [0.717, 1.165) is 4.90 Å². The van der Waals surface area contributed by atoms with Crippen molar-refractivity contribution in [1.82, 2.24) is 19.4 Å². The highest BCUT2D eigenvalue weighted by molar-refractivity contribution is 6.33. The smallest absolute Gasteiger partial charge is 0.247 e. The summed E-state index contributed by atoms with van der Waals surface area (Å²) in [5.41, 5.74) is 2.77. The summed E-state index contributed by atoms with van der Waals surface area (Å²) in [6.45, 7) is 2.60. The normalized spacial score (nSPS) is 16.0. The molecule has 1 aliphatic rings. The number of benzene rings is 3. The van der Waals surface area contributed by atoms with E-state index in [0.29, 0.717) is 49.8 Å². The second kappa shape index (κ2) is 12.9. The van der Waals surface area contributed by atoms with Crippen molar-refractivity contribution in [2.45, 2.75) is 39.0 Å². The average molecular weight is 658 g/mol. The number of aryl methyl sites for hydroxylation is 1. The Kier molecular flexibility index (Phi) is 8.74. The van der Waals surface area contributed by atoms with E-state index in [2.05, 4.69) is 15.3 Å². The van der Waals surface area contributed by atoms with Crippen LogP contribution in [0.4, 0.5) is 14.5 Å². The lowest BCUT2D eigenvalue weighted by atomic mass is 10.0. The Morgan fingerprint density at radius 2 is 1.77 bits per heavy atom. The molecule has 3 heterocycles. The summed E-state index contributed by atoms with van der Waals surface area (Å²) in [6, 6.07) is 13.6. The van der Waals surface area contributed by atoms with Crippen LogP contribution in [-0.2, 0) is 16.1 Å². The van der Waals surface area contributed by atoms with Crippen molar-refractivity contribution < 1.29 is 27.9 Å². The monoisotopic (exact) mass is 657 g/mol. The molecular formula is C35H30ClF2N5O4. The van der Waals surface area contributed by atoms with Crippen LogP contribution in [0.2, 0.25) is 5.02 Å². The molecular weight excluding hydrogens is 628 g/mol. The number of rotatable bonds is 8. The molecule has 1 fully saturated rings. The van der Waals surface area contributed by atoms with Crippen molar-refractivity contribution in [3.8, 4) is 28.0 Å². The number of halogens is 3. The number of amides is 2. The number of ether oxygens (including phenoxy) is 1. The lowest BCUT2D eigenvalue weighted by Gasteiger charge is -2.24. The van der Waals surface area contributed by atoms with Gasteiger partial charge in [-0.3, -0.25) is 14.4 Å². The molecule has 1 saturated heterocycles. The zero-order valence-corrected chi connectivity index (χ0v) is 26.5. The number of ketones is 1. The van der Waals surface area contributed by atoms with E-state index in [9.17, 15) is 18.8 Å². The molecule has 3 aromatic carbocycles. The van der Waals surface area contributed by atoms with E-state index in [4.69, 9.17) is 16.3 Å². The van der Waals surface area contributed by atoms with Crippen molar-refractivity contribution >= 4 is 45.8 Å². The van der Waals surface area contributed by atoms with Crippen LogP contribution >= 0.6 is 11.6 Å². The van der Waals surface area contributed by atoms with Gasteiger partial charge in [-0.2, -0.15) is 0 Å². The van der Waals surface area contributed by atoms with Crippen LogP contribution in [0.1, 0.15) is 29.5 Å². The van der Waals surface area contributed by atoms with Gasteiger partial charge in [0.05, 0.1) is 24.9 Å². The van der Waals surface area contributed by atoms with Gasteiger partial charge in [0, 0.05) is 69.3 Å². The number of hydrogen-bond acceptors (Lipinski definition) is 6. The van der Waals surface area contributed by atoms with Crippen molar-refractivity contribution in [1.29, 1.82) is 0 Å². The number of fused-ring (bicyclic) bond motifs is 1. The molecule has 0 bridgehead atoms. The highest BCUT2D eigenvalue weighted by Crippen LogP contribution is 2.37. The number of nitrogens with zero attached hydrogens (tertiary/aromatic N) is 4. The second-order valence-electron chi connectivity index (χ2n) is 11.3. The molecule has 0 radical (unpaired) electrons. The maximum atomic E-state index is 15.6. The minimum atomic E-state index is -1.46. The molecule has 2 aromatic heterocycles. The molecule has 2 amide bonds. The Morgan fingerprint density at radius 1 is 1.04 bits per heavy atom. The second-order valence-corrected chi connectivity index (χ2v) is 11.8. The topological polar surface area (TPSA) is 106 Å². The first-order chi connectivity index (χ1) is 22.5. The molecule has 0 unspecified atom stereocenters. The highest BCUT2D eigenvalue weighted by Gasteiger charge is 2.40. The predicted molar refractivity (Wildman–Crippen MR) is 175 cm³/mol. The van der Waals surface area contributed by atoms with E-state index in [1.54, 1.807) is 78.6 Å². The van der Waals surface area contributed by atoms with E-state index < -0.39 is 29.8 Å². The lowest BCUT2D eigenvalue weighted by Crippen LogP contribution is -2.44. The van der Waals surface area contributed by atoms with E-state index in [-0.39, 0.29) is 36.5 Å². The molecule has 0 spiro atoms. The molecule has 1 aliphatic heterocycles. The maximum Gasteiger partial charge on any atom is 0.247 e. The van der Waals surface area contributed by atoms with Crippen LogP contribution in [0.25, 0.3) is 33.2 Å². The van der Waals surface area contributed by atoms with Crippen LogP contribution in [0.3, 0.4) is 0 Å². The molecule has 5 aromatic rings. The van der Waals surface area contributed by atoms with Crippen LogP contribution in [-0.4, -0.2) is 62.9 Å². The van der Waals surface area contributed by atoms with Crippen molar-refractivity contribution in [3.05, 3.63) is 95.4 Å². The van der Waals surface area contributed by atoms with Crippen molar-refractivity contribution in [2.24, 2.45) is 0 Å². The first kappa shape index (κ1) is 31.8. The number of methoxy groups -OCH3 is 1. The standard InChI is InChI=1S/C35H30ClF2N5O4/c1-19(44)27-17-42(30-13-32(47-3)25(12-26(27)30)21-14-39-20(2)40-15-21)18-33(45)43-16-22(37)11-31(43)35(46)41-29-10-6-8-24(34(29)38)23-7-4-5-9-28(23)36/h4-10,12-15,17,22,31H,11,16,18H2,1-3H3,(H,41,46)/t22-,31+/m1/s1. The minimum absolute atomic E-state index is 0.119. The number of nitrogens with one attached hydrogen (secondary N) is 1. The molecule has 6 rings (SSSR count). The molecule has 0 saturated carbocycles. The Labute approximate surface area is 274 Å². The van der Waals surface area contributed by atoms with Crippen LogP contribution in [0, 0.1) is 12.7 Å². The Morgan fingerprint density at radius 3 is 2.47 bits per heavy atom. The van der Waals surface area contributed by atoms with Gasteiger partial charge in [-0.15, -0.1) is 0 Å². The Hall–Kier alpha value is -5.16. The molecule has 0 aliphatic carbocycles. The number of carbonyl (C=O) groups excluding carboxylic acids is 3. The van der Waals surface area contributed by atoms with Gasteiger partial charge in [0.2, 0.25) is 11.8 Å². The van der Waals surface area contributed by atoms with Crippen molar-refractivity contribution in [2.75, 3.05) is 19.0 Å². The molecule has 47 heavy (non-hydrogen) atoms. The SMILES string of the molecule is COc1cc2c(cc1-c1cnc(C)nc1)c(C(C)=O)cn2CC(=O)N1C[C@H](F)C[C@H]1C(=O)Nc1cccc(-c2ccccc2Cl)c1F. The van der Waals surface area contributed by atoms with Crippen LogP contribution < -0.4 is 10.1 Å². The van der Waals surface area contributed by atoms with E-state index >= 15 is 4.39 Å². The third kappa shape index (κ3) is 6.18. The Bertz CT molecular complexity index is 2030. The van der Waals surface area contributed by atoms with E-state index in [1.165, 1.54) is 20.1 Å². The van der Waals surface area contributed by atoms with Crippen LogP contribution in [0.15, 0.2) is 73.2 Å². The zero-order chi connectivity index (χ0) is 33.4. The van der Waals surface area contributed by atoms with Gasteiger partial charge in [-0.05, 0) is 32.0 Å². The third-order valence-electron chi connectivity index (χ3n) is 8.27. The minimum Gasteiger partial charge on any atom is -0.496 e. The molecule has 12 heteroatoms. The summed E-state index contributed by atoms with van der Waals surface area (Å²) in [5.74, 6) is -1.12. The average Bonchev–Trinajstić information content (AvgIpc) is 3.62. The Balaban J connectivity index is 1.28. The quantitative estimate of drug-likeness (QED) is 0.187. The maximum absolute atomic E-state index is 15.6. The lowest BCUT2D eigenvalue weighted by molar-refractivity contribution is -0.137. The largest absolute Gasteiger partial charge is 0.496 e. The number of anilines is 1. The zero-order valence-electron chi connectivity index (χ0n) is 25.8. The molecule has 240 valence electrons. The van der Waals surface area contributed by atoms with Gasteiger partial charge in [0.15, 0.2) is 11.6 Å². The summed E-state index contributed by atoms with van der Waals surface area (Å²) in [6.07, 6.45) is 3.18. The first-order valence-electron chi connectivity index (χ1n) is 14.8. The summed E-state index contributed by atoms with van der Waals surface area (Å²) in [5, 5.41) is 3.46. The predicted octanol–water partition coefficient (Wildman–Crippen LogP) is 6.66. The number of aromatic nitrogens is 3. The van der Waals surface area contributed by atoms with Gasteiger partial charge in [0.25, 0.3) is 0 Å². The number of hydrogen-bond donors (Lipinski definition) is 1.